The van der Waals surface area contributed by atoms with Crippen molar-refractivity contribution in [2.24, 2.45) is 5.14 Å². The molecule has 0 saturated carbocycles. The quantitative estimate of drug-likeness (QED) is 0.748. The molecule has 1 rings (SSSR count). The van der Waals surface area contributed by atoms with E-state index in [0.717, 1.165) is 12.0 Å². The summed E-state index contributed by atoms with van der Waals surface area (Å²) in [6.45, 7) is 9.37. The maximum atomic E-state index is 11.7. The Morgan fingerprint density at radius 1 is 1.19 bits per heavy atom. The van der Waals surface area contributed by atoms with Crippen LogP contribution in [0.15, 0.2) is 17.0 Å². The second kappa shape index (κ2) is 7.77. The molecule has 0 bridgehead atoms. The highest BCUT2D eigenvalue weighted by Gasteiger charge is 2.19. The Bertz CT molecular complexity index is 567. The van der Waals surface area contributed by atoms with Crippen LogP contribution in [0.3, 0.4) is 0 Å². The van der Waals surface area contributed by atoms with Gasteiger partial charge in [-0.25, -0.2) is 13.6 Å². The van der Waals surface area contributed by atoms with Crippen LogP contribution >= 0.6 is 0 Å². The van der Waals surface area contributed by atoms with Gasteiger partial charge in [0.25, 0.3) is 0 Å². The van der Waals surface area contributed by atoms with E-state index in [4.69, 9.17) is 14.6 Å². The van der Waals surface area contributed by atoms with Gasteiger partial charge >= 0.3 is 0 Å². The Kier molecular flexibility index (Phi) is 6.64. The molecule has 0 amide bonds. The molecular weight excluding hydrogens is 290 g/mol. The van der Waals surface area contributed by atoms with E-state index in [1.54, 1.807) is 19.1 Å². The van der Waals surface area contributed by atoms with E-state index in [9.17, 15) is 8.42 Å². The number of ether oxygens (including phenoxy) is 2. The predicted octanol–water partition coefficient (Wildman–Crippen LogP) is 2.57. The summed E-state index contributed by atoms with van der Waals surface area (Å²) in [6.07, 6.45) is 0.972. The Morgan fingerprint density at radius 3 is 2.38 bits per heavy atom. The summed E-state index contributed by atoms with van der Waals surface area (Å²) < 4.78 is 34.4. The molecule has 6 heteroatoms. The molecule has 5 nitrogen and oxygen atoms in total. The first kappa shape index (κ1) is 17.9. The molecule has 2 N–H and O–H groups in total. The maximum absolute atomic E-state index is 11.7. The van der Waals surface area contributed by atoms with Crippen molar-refractivity contribution in [1.82, 2.24) is 0 Å². The molecule has 0 aliphatic rings. The fourth-order valence-electron chi connectivity index (χ4n) is 1.99. The highest BCUT2D eigenvalue weighted by Crippen LogP contribution is 2.30. The second-order valence-electron chi connectivity index (χ2n) is 5.32. The summed E-state index contributed by atoms with van der Waals surface area (Å²) >= 11 is 0. The summed E-state index contributed by atoms with van der Waals surface area (Å²) in [7, 11) is -3.73. The molecule has 0 atom stereocenters. The zero-order chi connectivity index (χ0) is 16.0. The van der Waals surface area contributed by atoms with Gasteiger partial charge < -0.3 is 9.47 Å². The smallest absolute Gasteiger partial charge is 0.238 e. The van der Waals surface area contributed by atoms with E-state index < -0.39 is 10.0 Å². The Hall–Kier alpha value is -1.11. The van der Waals surface area contributed by atoms with Crippen molar-refractivity contribution in [2.75, 3.05) is 19.8 Å². The van der Waals surface area contributed by atoms with Gasteiger partial charge in [0.2, 0.25) is 10.0 Å². The lowest BCUT2D eigenvalue weighted by Crippen LogP contribution is -2.16. The van der Waals surface area contributed by atoms with Crippen LogP contribution in [-0.2, 0) is 14.8 Å². The number of hydrogen-bond donors (Lipinski definition) is 1. The van der Waals surface area contributed by atoms with Crippen molar-refractivity contribution in [3.05, 3.63) is 23.3 Å². The van der Waals surface area contributed by atoms with Crippen molar-refractivity contribution in [3.8, 4) is 5.75 Å². The van der Waals surface area contributed by atoms with E-state index in [-0.39, 0.29) is 10.8 Å². The molecule has 0 aromatic heterocycles. The lowest BCUT2D eigenvalue weighted by atomic mass is 10.0. The van der Waals surface area contributed by atoms with Crippen molar-refractivity contribution >= 4 is 10.0 Å². The lowest BCUT2D eigenvalue weighted by Gasteiger charge is -2.16. The Balaban J connectivity index is 2.95. The Labute approximate surface area is 127 Å². The van der Waals surface area contributed by atoms with Gasteiger partial charge in [-0.3, -0.25) is 0 Å². The van der Waals surface area contributed by atoms with Crippen LogP contribution in [0, 0.1) is 6.92 Å². The first-order valence-electron chi connectivity index (χ1n) is 7.15. The number of sulfonamides is 1. The first-order chi connectivity index (χ1) is 9.77. The summed E-state index contributed by atoms with van der Waals surface area (Å²) in [4.78, 5) is 0.171. The minimum absolute atomic E-state index is 0.0395. The third kappa shape index (κ3) is 5.30. The topological polar surface area (TPSA) is 78.6 Å². The zero-order valence-electron chi connectivity index (χ0n) is 13.2. The minimum atomic E-state index is -3.73. The van der Waals surface area contributed by atoms with E-state index >= 15 is 0 Å². The molecule has 0 fully saturated rings. The Morgan fingerprint density at radius 2 is 1.86 bits per heavy atom. The third-order valence-corrected chi connectivity index (χ3v) is 4.04. The van der Waals surface area contributed by atoms with Crippen molar-refractivity contribution < 1.29 is 17.9 Å². The third-order valence-electron chi connectivity index (χ3n) is 3.07. The molecule has 21 heavy (non-hydrogen) atoms. The van der Waals surface area contributed by atoms with Gasteiger partial charge in [0, 0.05) is 6.61 Å². The van der Waals surface area contributed by atoms with Crippen LogP contribution in [0.5, 0.6) is 5.75 Å². The van der Waals surface area contributed by atoms with Gasteiger partial charge in [-0.15, -0.1) is 0 Å². The summed E-state index contributed by atoms with van der Waals surface area (Å²) in [5.74, 6) is 0.712. The standard InChI is InChI=1S/C15H25NO4S/c1-5-6-19-7-8-20-14-10-13(11(2)3)15(9-12(14)4)21(16,17)18/h9-11H,5-8H2,1-4H3,(H2,16,17,18). The van der Waals surface area contributed by atoms with Crippen LogP contribution < -0.4 is 9.88 Å². The fraction of sp³-hybridized carbons (Fsp3) is 0.600. The first-order valence-corrected chi connectivity index (χ1v) is 8.69. The highest BCUT2D eigenvalue weighted by molar-refractivity contribution is 7.89. The molecule has 1 aromatic rings. The van der Waals surface area contributed by atoms with Gasteiger partial charge in [0.05, 0.1) is 11.5 Å². The van der Waals surface area contributed by atoms with E-state index in [1.807, 2.05) is 20.8 Å². The van der Waals surface area contributed by atoms with E-state index in [0.29, 0.717) is 31.1 Å². The molecule has 0 heterocycles. The van der Waals surface area contributed by atoms with E-state index in [1.165, 1.54) is 0 Å². The molecule has 0 saturated heterocycles. The molecule has 0 aliphatic heterocycles. The number of hydrogen-bond acceptors (Lipinski definition) is 4. The van der Waals surface area contributed by atoms with E-state index in [2.05, 4.69) is 0 Å². The normalized spacial score (nSPS) is 11.9. The van der Waals surface area contributed by atoms with Crippen LogP contribution in [0.25, 0.3) is 0 Å². The van der Waals surface area contributed by atoms with Crippen molar-refractivity contribution in [1.29, 1.82) is 0 Å². The number of nitrogens with two attached hydrogens (primary N) is 1. The number of aryl methyl sites for hydroxylation is 1. The van der Waals surface area contributed by atoms with Gasteiger partial charge in [-0.05, 0) is 42.5 Å². The molecule has 120 valence electrons. The molecule has 0 spiro atoms. The SMILES string of the molecule is CCCOCCOc1cc(C(C)C)c(S(N)(=O)=O)cc1C. The molecular formula is C15H25NO4S. The average Bonchev–Trinajstić information content (AvgIpc) is 2.38. The average molecular weight is 315 g/mol. The maximum Gasteiger partial charge on any atom is 0.238 e. The summed E-state index contributed by atoms with van der Waals surface area (Å²) in [5, 5.41) is 5.28. The predicted molar refractivity (Wildman–Crippen MR) is 83.2 cm³/mol. The fourth-order valence-corrected chi connectivity index (χ4v) is 2.95. The number of benzene rings is 1. The second-order valence-corrected chi connectivity index (χ2v) is 6.85. The highest BCUT2D eigenvalue weighted by atomic mass is 32.2. The van der Waals surface area contributed by atoms with Crippen molar-refractivity contribution in [3.63, 3.8) is 0 Å². The van der Waals surface area contributed by atoms with Crippen LogP contribution in [0.2, 0.25) is 0 Å². The monoisotopic (exact) mass is 315 g/mol. The summed E-state index contributed by atoms with van der Waals surface area (Å²) in [6, 6.07) is 3.34. The largest absolute Gasteiger partial charge is 0.491 e. The van der Waals surface area contributed by atoms with Crippen LogP contribution in [0.4, 0.5) is 0 Å². The molecule has 0 unspecified atom stereocenters. The van der Waals surface area contributed by atoms with Gasteiger partial charge in [0.1, 0.15) is 12.4 Å². The van der Waals surface area contributed by atoms with Gasteiger partial charge in [0.15, 0.2) is 0 Å². The van der Waals surface area contributed by atoms with Crippen molar-refractivity contribution in [2.45, 2.75) is 44.9 Å². The minimum Gasteiger partial charge on any atom is -0.491 e. The summed E-state index contributed by atoms with van der Waals surface area (Å²) in [5.41, 5.74) is 1.42. The molecule has 1 aromatic carbocycles. The number of rotatable bonds is 8. The van der Waals surface area contributed by atoms with Crippen LogP contribution in [0.1, 0.15) is 44.2 Å². The lowest BCUT2D eigenvalue weighted by molar-refractivity contribution is 0.100. The molecule has 0 radical (unpaired) electrons. The van der Waals surface area contributed by atoms with Gasteiger partial charge in [-0.1, -0.05) is 20.8 Å². The zero-order valence-corrected chi connectivity index (χ0v) is 14.0. The van der Waals surface area contributed by atoms with Crippen LogP contribution in [-0.4, -0.2) is 28.2 Å². The number of primary sulfonamides is 1. The molecule has 0 aliphatic carbocycles. The van der Waals surface area contributed by atoms with Gasteiger partial charge in [-0.2, -0.15) is 0 Å².